The van der Waals surface area contributed by atoms with Crippen LogP contribution in [0.2, 0.25) is 0 Å². The van der Waals surface area contributed by atoms with Gasteiger partial charge in [0, 0.05) is 23.6 Å². The number of nitrogens with two attached hydrogens (primary N) is 1. The Morgan fingerprint density at radius 2 is 1.96 bits per heavy atom. The van der Waals surface area contributed by atoms with Crippen LogP contribution in [0.4, 0.5) is 5.69 Å². The van der Waals surface area contributed by atoms with Crippen molar-refractivity contribution in [3.8, 4) is 5.69 Å². The lowest BCUT2D eigenvalue weighted by Gasteiger charge is -2.12. The highest BCUT2D eigenvalue weighted by Crippen LogP contribution is 2.28. The molecule has 2 aromatic carbocycles. The fourth-order valence-corrected chi connectivity index (χ4v) is 3.49. The van der Waals surface area contributed by atoms with Crippen molar-refractivity contribution in [3.63, 3.8) is 0 Å². The van der Waals surface area contributed by atoms with Gasteiger partial charge in [-0.25, -0.2) is 0 Å². The molecule has 0 fully saturated rings. The van der Waals surface area contributed by atoms with Crippen molar-refractivity contribution in [3.05, 3.63) is 75.6 Å². The monoisotopic (exact) mass is 369 g/mol. The van der Waals surface area contributed by atoms with E-state index in [1.165, 1.54) is 23.3 Å². The second-order valence-electron chi connectivity index (χ2n) is 6.02. The summed E-state index contributed by atoms with van der Waals surface area (Å²) in [6.45, 7) is 3.89. The number of hydrogen-bond donors (Lipinski definition) is 1. The Labute approximate surface area is 155 Å². The zero-order valence-electron chi connectivity index (χ0n) is 14.5. The first-order valence-electron chi connectivity index (χ1n) is 8.10. The van der Waals surface area contributed by atoms with Crippen molar-refractivity contribution in [1.82, 2.24) is 14.8 Å². The quantitative estimate of drug-likeness (QED) is 0.403. The summed E-state index contributed by atoms with van der Waals surface area (Å²) >= 11 is 1.55. The number of thioether (sulfide) groups is 1. The number of non-ortho nitro benzene ring substituents is 1. The molecule has 8 heteroatoms. The molecule has 7 nitrogen and oxygen atoms in total. The zero-order chi connectivity index (χ0) is 18.7. The summed E-state index contributed by atoms with van der Waals surface area (Å²) < 4.78 is 1.86. The SMILES string of the molecule is Cc1cccc(CSc2nnc([C@H](C)N)n2-c2ccc([N+](=O)[O-])cc2)c1. The fourth-order valence-electron chi connectivity index (χ4n) is 2.59. The third-order valence-electron chi connectivity index (χ3n) is 3.83. The average molecular weight is 369 g/mol. The molecule has 0 spiro atoms. The van der Waals surface area contributed by atoms with Crippen molar-refractivity contribution in [2.75, 3.05) is 0 Å². The minimum Gasteiger partial charge on any atom is -0.322 e. The van der Waals surface area contributed by atoms with Crippen LogP contribution < -0.4 is 5.73 Å². The fraction of sp³-hybridized carbons (Fsp3) is 0.222. The van der Waals surface area contributed by atoms with Gasteiger partial charge >= 0.3 is 0 Å². The predicted octanol–water partition coefficient (Wildman–Crippen LogP) is 3.80. The average Bonchev–Trinajstić information content (AvgIpc) is 3.04. The third-order valence-corrected chi connectivity index (χ3v) is 4.83. The smallest absolute Gasteiger partial charge is 0.269 e. The Bertz CT molecular complexity index is 922. The molecule has 0 aliphatic carbocycles. The van der Waals surface area contributed by atoms with Crippen LogP contribution in [-0.4, -0.2) is 19.7 Å². The Balaban J connectivity index is 1.92. The maximum atomic E-state index is 10.9. The van der Waals surface area contributed by atoms with Gasteiger partial charge in [-0.3, -0.25) is 14.7 Å². The van der Waals surface area contributed by atoms with Crippen molar-refractivity contribution in [1.29, 1.82) is 0 Å². The molecular weight excluding hydrogens is 350 g/mol. The summed E-state index contributed by atoms with van der Waals surface area (Å²) in [5.41, 5.74) is 9.21. The largest absolute Gasteiger partial charge is 0.322 e. The van der Waals surface area contributed by atoms with Gasteiger partial charge in [-0.15, -0.1) is 10.2 Å². The molecule has 0 aliphatic heterocycles. The van der Waals surface area contributed by atoms with E-state index in [-0.39, 0.29) is 11.7 Å². The van der Waals surface area contributed by atoms with E-state index in [4.69, 9.17) is 5.73 Å². The molecule has 1 atom stereocenters. The topological polar surface area (TPSA) is 99.9 Å². The van der Waals surface area contributed by atoms with Gasteiger partial charge in [0.1, 0.15) is 0 Å². The van der Waals surface area contributed by atoms with Crippen LogP contribution in [-0.2, 0) is 5.75 Å². The standard InChI is InChI=1S/C18H19N5O2S/c1-12-4-3-5-14(10-12)11-26-18-21-20-17(13(2)19)22(18)15-6-8-16(9-7-15)23(24)25/h3-10,13H,11,19H2,1-2H3/t13-/m0/s1. The number of nitro groups is 1. The summed E-state index contributed by atoms with van der Waals surface area (Å²) in [4.78, 5) is 10.5. The van der Waals surface area contributed by atoms with E-state index in [2.05, 4.69) is 35.3 Å². The van der Waals surface area contributed by atoms with E-state index >= 15 is 0 Å². The Morgan fingerprint density at radius 1 is 1.23 bits per heavy atom. The molecule has 0 unspecified atom stereocenters. The summed E-state index contributed by atoms with van der Waals surface area (Å²) in [5.74, 6) is 1.36. The highest BCUT2D eigenvalue weighted by Gasteiger charge is 2.18. The van der Waals surface area contributed by atoms with Gasteiger partial charge in [-0.1, -0.05) is 41.6 Å². The van der Waals surface area contributed by atoms with Crippen molar-refractivity contribution in [2.45, 2.75) is 30.8 Å². The van der Waals surface area contributed by atoms with Crippen LogP contribution in [0.5, 0.6) is 0 Å². The van der Waals surface area contributed by atoms with Gasteiger partial charge in [0.15, 0.2) is 11.0 Å². The molecule has 3 aromatic rings. The maximum Gasteiger partial charge on any atom is 0.269 e. The Hall–Kier alpha value is -2.71. The van der Waals surface area contributed by atoms with E-state index < -0.39 is 4.92 Å². The summed E-state index contributed by atoms with van der Waals surface area (Å²) in [7, 11) is 0. The second kappa shape index (κ2) is 7.67. The first-order chi connectivity index (χ1) is 12.5. The minimum absolute atomic E-state index is 0.0399. The van der Waals surface area contributed by atoms with Crippen LogP contribution in [0.15, 0.2) is 53.7 Å². The number of hydrogen-bond acceptors (Lipinski definition) is 6. The molecular formula is C18H19N5O2S. The molecule has 1 heterocycles. The number of aryl methyl sites for hydroxylation is 1. The van der Waals surface area contributed by atoms with Crippen LogP contribution in [0, 0.1) is 17.0 Å². The van der Waals surface area contributed by atoms with Gasteiger partial charge in [0.25, 0.3) is 5.69 Å². The lowest BCUT2D eigenvalue weighted by molar-refractivity contribution is -0.384. The number of nitro benzene ring substituents is 1. The van der Waals surface area contributed by atoms with Crippen molar-refractivity contribution >= 4 is 17.4 Å². The highest BCUT2D eigenvalue weighted by molar-refractivity contribution is 7.98. The molecule has 26 heavy (non-hydrogen) atoms. The molecule has 0 aliphatic rings. The normalized spacial score (nSPS) is 12.1. The maximum absolute atomic E-state index is 10.9. The molecule has 0 saturated carbocycles. The summed E-state index contributed by atoms with van der Waals surface area (Å²) in [6.07, 6.45) is 0. The van der Waals surface area contributed by atoms with E-state index in [1.807, 2.05) is 17.6 Å². The molecule has 0 amide bonds. The summed E-state index contributed by atoms with van der Waals surface area (Å²) in [5, 5.41) is 20.1. The van der Waals surface area contributed by atoms with E-state index in [1.54, 1.807) is 23.9 Å². The Kier molecular flexibility index (Phi) is 5.34. The zero-order valence-corrected chi connectivity index (χ0v) is 15.3. The van der Waals surface area contributed by atoms with Crippen LogP contribution in [0.1, 0.15) is 29.9 Å². The molecule has 134 valence electrons. The lowest BCUT2D eigenvalue weighted by Crippen LogP contribution is -2.13. The van der Waals surface area contributed by atoms with Crippen molar-refractivity contribution < 1.29 is 4.92 Å². The number of benzene rings is 2. The van der Waals surface area contributed by atoms with E-state index in [9.17, 15) is 10.1 Å². The highest BCUT2D eigenvalue weighted by atomic mass is 32.2. The first-order valence-corrected chi connectivity index (χ1v) is 9.08. The number of rotatable bonds is 6. The second-order valence-corrected chi connectivity index (χ2v) is 6.96. The first kappa shape index (κ1) is 18.1. The summed E-state index contributed by atoms with van der Waals surface area (Å²) in [6, 6.07) is 14.3. The molecule has 2 N–H and O–H groups in total. The molecule has 0 bridgehead atoms. The minimum atomic E-state index is -0.421. The molecule has 1 aromatic heterocycles. The van der Waals surface area contributed by atoms with Gasteiger partial charge in [0.05, 0.1) is 11.0 Å². The molecule has 0 saturated heterocycles. The van der Waals surface area contributed by atoms with Gasteiger partial charge in [0.2, 0.25) is 0 Å². The number of aromatic nitrogens is 3. The van der Waals surface area contributed by atoms with Gasteiger partial charge < -0.3 is 5.73 Å². The Morgan fingerprint density at radius 3 is 2.58 bits per heavy atom. The molecule has 0 radical (unpaired) electrons. The van der Waals surface area contributed by atoms with Crippen LogP contribution >= 0.6 is 11.8 Å². The predicted molar refractivity (Wildman–Crippen MR) is 101 cm³/mol. The third kappa shape index (κ3) is 3.92. The number of nitrogens with zero attached hydrogens (tertiary/aromatic N) is 4. The van der Waals surface area contributed by atoms with Crippen LogP contribution in [0.25, 0.3) is 5.69 Å². The van der Waals surface area contributed by atoms with Crippen molar-refractivity contribution in [2.24, 2.45) is 5.73 Å². The van der Waals surface area contributed by atoms with Gasteiger partial charge in [-0.05, 0) is 31.5 Å². The lowest BCUT2D eigenvalue weighted by atomic mass is 10.2. The van der Waals surface area contributed by atoms with Crippen LogP contribution in [0.3, 0.4) is 0 Å². The van der Waals surface area contributed by atoms with Gasteiger partial charge in [-0.2, -0.15) is 0 Å². The van der Waals surface area contributed by atoms with E-state index in [0.29, 0.717) is 11.0 Å². The molecule has 3 rings (SSSR count). The van der Waals surface area contributed by atoms with E-state index in [0.717, 1.165) is 11.4 Å².